The van der Waals surface area contributed by atoms with Crippen molar-refractivity contribution in [2.24, 2.45) is 0 Å². The molecule has 19 heavy (non-hydrogen) atoms. The van der Waals surface area contributed by atoms with Crippen molar-refractivity contribution >= 4 is 37.5 Å². The minimum atomic E-state index is -0.419. The van der Waals surface area contributed by atoms with Crippen molar-refractivity contribution < 1.29 is 0 Å². The molecule has 1 aromatic carbocycles. The number of nitrogens with one attached hydrogen (secondary N) is 1. The molecule has 0 saturated carbocycles. The van der Waals surface area contributed by atoms with Gasteiger partial charge in [0.1, 0.15) is 4.83 Å². The Balaban J connectivity index is 2.48. The molecule has 0 amide bonds. The normalized spacial score (nSPS) is 11.1. The minimum Gasteiger partial charge on any atom is -0.298 e. The molecule has 0 saturated heterocycles. The second-order valence-corrected chi connectivity index (χ2v) is 6.45. The van der Waals surface area contributed by atoms with Gasteiger partial charge in [0, 0.05) is 0 Å². The van der Waals surface area contributed by atoms with E-state index >= 15 is 0 Å². The molecule has 1 N–H and O–H groups in total. The highest BCUT2D eigenvalue weighted by molar-refractivity contribution is 9.11. The van der Waals surface area contributed by atoms with Gasteiger partial charge in [-0.15, -0.1) is 11.3 Å². The van der Waals surface area contributed by atoms with E-state index in [1.54, 1.807) is 24.3 Å². The lowest BCUT2D eigenvalue weighted by molar-refractivity contribution is 0.903. The fourth-order valence-corrected chi connectivity index (χ4v) is 3.60. The number of H-pyrrole nitrogens is 1. The molecule has 2 aromatic heterocycles. The Hall–Kier alpha value is -1.66. The van der Waals surface area contributed by atoms with Gasteiger partial charge in [-0.3, -0.25) is 9.78 Å². The third-order valence-corrected chi connectivity index (χ3v) is 5.02. The maximum absolute atomic E-state index is 12.5. The zero-order chi connectivity index (χ0) is 13.6. The number of thiophene rings is 1. The molecular weight excluding hydrogens is 328 g/mol. The number of hydrogen-bond acceptors (Lipinski definition) is 3. The van der Waals surface area contributed by atoms with Gasteiger partial charge < -0.3 is 0 Å². The first-order valence-electron chi connectivity index (χ1n) is 5.59. The molecule has 6 heteroatoms. The van der Waals surface area contributed by atoms with Crippen molar-refractivity contribution in [2.75, 3.05) is 0 Å². The number of hydrogen-bond donors (Lipinski definition) is 1. The van der Waals surface area contributed by atoms with Crippen LogP contribution in [0.1, 0.15) is 5.56 Å². The Morgan fingerprint density at radius 1 is 1.21 bits per heavy atom. The number of aromatic amines is 1. The van der Waals surface area contributed by atoms with Crippen molar-refractivity contribution in [3.63, 3.8) is 0 Å². The quantitative estimate of drug-likeness (QED) is 0.742. The average molecular weight is 337 g/mol. The first kappa shape index (κ1) is 12.4. The minimum absolute atomic E-state index is 0.288. The van der Waals surface area contributed by atoms with Crippen LogP contribution in [-0.4, -0.2) is 9.55 Å². The lowest BCUT2D eigenvalue weighted by atomic mass is 10.2. The molecule has 0 radical (unpaired) electrons. The number of fused-ring (bicyclic) bond motifs is 1. The highest BCUT2D eigenvalue weighted by Gasteiger charge is 2.15. The number of para-hydroxylation sites is 1. The zero-order valence-electron chi connectivity index (χ0n) is 9.94. The van der Waals surface area contributed by atoms with E-state index in [-0.39, 0.29) is 5.56 Å². The van der Waals surface area contributed by atoms with Crippen LogP contribution < -0.4 is 11.2 Å². The molecule has 0 spiro atoms. The predicted molar refractivity (Wildman–Crippen MR) is 80.5 cm³/mol. The van der Waals surface area contributed by atoms with Crippen molar-refractivity contribution in [1.82, 2.24) is 9.55 Å². The standard InChI is InChI=1S/C13H9BrN2O2S/c1-7-9-11(19-10(7)14)15-13(18)16(12(9)17)8-5-3-2-4-6-8/h2-6H,1H3,(H,15,18). The summed E-state index contributed by atoms with van der Waals surface area (Å²) in [6.07, 6.45) is 0. The topological polar surface area (TPSA) is 54.9 Å². The van der Waals surface area contributed by atoms with Gasteiger partial charge in [-0.1, -0.05) is 18.2 Å². The Morgan fingerprint density at radius 2 is 1.89 bits per heavy atom. The molecule has 0 fully saturated rings. The Bertz CT molecular complexity index is 877. The molecule has 2 heterocycles. The molecule has 0 unspecified atom stereocenters. The van der Waals surface area contributed by atoms with Crippen molar-refractivity contribution in [3.8, 4) is 5.69 Å². The summed E-state index contributed by atoms with van der Waals surface area (Å²) in [6, 6.07) is 8.90. The van der Waals surface area contributed by atoms with Gasteiger partial charge in [0.2, 0.25) is 0 Å². The Kier molecular flexibility index (Phi) is 2.91. The van der Waals surface area contributed by atoms with Crippen molar-refractivity contribution in [3.05, 3.63) is 60.5 Å². The number of halogens is 1. The van der Waals surface area contributed by atoms with Crippen LogP contribution >= 0.6 is 27.3 Å². The van der Waals surface area contributed by atoms with E-state index < -0.39 is 5.69 Å². The maximum atomic E-state index is 12.5. The average Bonchev–Trinajstić information content (AvgIpc) is 2.66. The predicted octanol–water partition coefficient (Wildman–Crippen LogP) is 2.81. The van der Waals surface area contributed by atoms with Crippen LogP contribution in [0.4, 0.5) is 0 Å². The number of aromatic nitrogens is 2. The molecule has 0 aliphatic heterocycles. The van der Waals surface area contributed by atoms with Crippen LogP contribution in [0.2, 0.25) is 0 Å². The van der Waals surface area contributed by atoms with Gasteiger partial charge >= 0.3 is 5.69 Å². The second kappa shape index (κ2) is 4.47. The molecule has 0 aliphatic rings. The highest BCUT2D eigenvalue weighted by Crippen LogP contribution is 2.30. The number of aryl methyl sites for hydroxylation is 1. The van der Waals surface area contributed by atoms with Crippen LogP contribution in [0.15, 0.2) is 43.7 Å². The van der Waals surface area contributed by atoms with Crippen LogP contribution in [0.3, 0.4) is 0 Å². The van der Waals surface area contributed by atoms with Crippen LogP contribution in [-0.2, 0) is 0 Å². The van der Waals surface area contributed by atoms with E-state index in [9.17, 15) is 9.59 Å². The van der Waals surface area contributed by atoms with E-state index in [0.717, 1.165) is 13.9 Å². The van der Waals surface area contributed by atoms with E-state index in [0.29, 0.717) is 15.9 Å². The van der Waals surface area contributed by atoms with Crippen LogP contribution in [0.25, 0.3) is 15.9 Å². The number of nitrogens with zero attached hydrogens (tertiary/aromatic N) is 1. The summed E-state index contributed by atoms with van der Waals surface area (Å²) in [5.41, 5.74) is 0.713. The fraction of sp³-hybridized carbons (Fsp3) is 0.0769. The third-order valence-electron chi connectivity index (χ3n) is 2.94. The summed E-state index contributed by atoms with van der Waals surface area (Å²) in [6.45, 7) is 1.86. The lowest BCUT2D eigenvalue weighted by Crippen LogP contribution is -2.33. The molecule has 3 rings (SSSR count). The summed E-state index contributed by atoms with van der Waals surface area (Å²) in [5, 5.41) is 0.556. The van der Waals surface area contributed by atoms with Crippen molar-refractivity contribution in [2.45, 2.75) is 6.92 Å². The van der Waals surface area contributed by atoms with Gasteiger partial charge in [0.05, 0.1) is 14.9 Å². The smallest absolute Gasteiger partial charge is 0.298 e. The van der Waals surface area contributed by atoms with E-state index in [1.807, 2.05) is 13.0 Å². The maximum Gasteiger partial charge on any atom is 0.334 e. The molecule has 0 aliphatic carbocycles. The summed E-state index contributed by atoms with van der Waals surface area (Å²) < 4.78 is 2.02. The number of benzene rings is 1. The zero-order valence-corrected chi connectivity index (χ0v) is 12.3. The second-order valence-electron chi connectivity index (χ2n) is 4.11. The summed E-state index contributed by atoms with van der Waals surface area (Å²) in [4.78, 5) is 27.9. The third kappa shape index (κ3) is 1.87. The molecule has 96 valence electrons. The Labute approximate surface area is 120 Å². The molecule has 0 atom stereocenters. The first-order valence-corrected chi connectivity index (χ1v) is 7.20. The monoisotopic (exact) mass is 336 g/mol. The Morgan fingerprint density at radius 3 is 2.58 bits per heavy atom. The first-order chi connectivity index (χ1) is 9.09. The summed E-state index contributed by atoms with van der Waals surface area (Å²) in [7, 11) is 0. The summed E-state index contributed by atoms with van der Waals surface area (Å²) >= 11 is 4.76. The van der Waals surface area contributed by atoms with Gasteiger partial charge in [-0.2, -0.15) is 0 Å². The highest BCUT2D eigenvalue weighted by atomic mass is 79.9. The molecule has 3 aromatic rings. The fourth-order valence-electron chi connectivity index (χ4n) is 2.00. The SMILES string of the molecule is Cc1c(Br)sc2[nH]c(=O)n(-c3ccccc3)c(=O)c12. The van der Waals surface area contributed by atoms with Crippen molar-refractivity contribution in [1.29, 1.82) is 0 Å². The summed E-state index contributed by atoms with van der Waals surface area (Å²) in [5.74, 6) is 0. The molecular formula is C13H9BrN2O2S. The van der Waals surface area contributed by atoms with Gasteiger partial charge in [0.25, 0.3) is 5.56 Å². The van der Waals surface area contributed by atoms with E-state index in [1.165, 1.54) is 11.3 Å². The van der Waals surface area contributed by atoms with E-state index in [2.05, 4.69) is 20.9 Å². The molecule has 0 bridgehead atoms. The van der Waals surface area contributed by atoms with E-state index in [4.69, 9.17) is 0 Å². The van der Waals surface area contributed by atoms with Gasteiger partial charge in [0.15, 0.2) is 0 Å². The number of rotatable bonds is 1. The largest absolute Gasteiger partial charge is 0.334 e. The van der Waals surface area contributed by atoms with Crippen LogP contribution in [0, 0.1) is 6.92 Å². The van der Waals surface area contributed by atoms with Crippen LogP contribution in [0.5, 0.6) is 0 Å². The lowest BCUT2D eigenvalue weighted by Gasteiger charge is -2.04. The van der Waals surface area contributed by atoms with Gasteiger partial charge in [-0.05, 0) is 40.5 Å². The van der Waals surface area contributed by atoms with Gasteiger partial charge in [-0.25, -0.2) is 9.36 Å². The molecule has 4 nitrogen and oxygen atoms in total.